The molecule has 0 unspecified atom stereocenters. The molecule has 0 aromatic carbocycles. The molecule has 1 aliphatic rings. The second-order valence-electron chi connectivity index (χ2n) is 4.61. The van der Waals surface area contributed by atoms with Gasteiger partial charge in [0.15, 0.2) is 0 Å². The Kier molecular flexibility index (Phi) is 3.01. The van der Waals surface area contributed by atoms with Crippen molar-refractivity contribution in [1.29, 1.82) is 0 Å². The molecule has 1 fully saturated rings. The molecular weight excluding hydrogens is 204 g/mol. The van der Waals surface area contributed by atoms with Crippen molar-refractivity contribution < 1.29 is 9.53 Å². The van der Waals surface area contributed by atoms with Crippen LogP contribution in [0.15, 0.2) is 18.3 Å². The topological polar surface area (TPSA) is 45.3 Å². The number of hydrogen-bond acceptors (Lipinski definition) is 2. The average Bonchev–Trinajstić information content (AvgIpc) is 2.83. The van der Waals surface area contributed by atoms with Gasteiger partial charge in [-0.3, -0.25) is 4.79 Å². The first-order valence-electron chi connectivity index (χ1n) is 5.63. The third-order valence-electron chi connectivity index (χ3n) is 3.10. The van der Waals surface area contributed by atoms with Crippen LogP contribution in [0.5, 0.6) is 0 Å². The molecule has 0 spiro atoms. The van der Waals surface area contributed by atoms with Crippen molar-refractivity contribution in [2.45, 2.75) is 19.3 Å². The fourth-order valence-electron chi connectivity index (χ4n) is 2.00. The average molecular weight is 222 g/mol. The van der Waals surface area contributed by atoms with Gasteiger partial charge in [-0.2, -0.15) is 0 Å². The lowest BCUT2D eigenvalue weighted by atomic mass is 9.87. The number of aromatic amines is 1. The van der Waals surface area contributed by atoms with Crippen molar-refractivity contribution in [2.24, 2.45) is 0 Å². The minimum Gasteiger partial charge on any atom is -0.378 e. The maximum absolute atomic E-state index is 12.4. The number of amides is 1. The Bertz CT molecular complexity index is 351. The zero-order valence-electron chi connectivity index (χ0n) is 9.82. The molecule has 2 heterocycles. The summed E-state index contributed by atoms with van der Waals surface area (Å²) in [6, 6.07) is 3.88. The molecule has 1 saturated heterocycles. The first kappa shape index (κ1) is 11.2. The number of morpholine rings is 1. The van der Waals surface area contributed by atoms with Gasteiger partial charge in [0, 0.05) is 25.0 Å². The molecule has 0 radical (unpaired) electrons. The number of ether oxygens (including phenoxy) is 1. The summed E-state index contributed by atoms with van der Waals surface area (Å²) >= 11 is 0. The van der Waals surface area contributed by atoms with Crippen molar-refractivity contribution in [3.8, 4) is 0 Å². The summed E-state index contributed by atoms with van der Waals surface area (Å²) in [6.07, 6.45) is 1.85. The van der Waals surface area contributed by atoms with Crippen LogP contribution in [0.2, 0.25) is 0 Å². The van der Waals surface area contributed by atoms with Crippen LogP contribution in [-0.2, 0) is 14.9 Å². The predicted molar refractivity (Wildman–Crippen MR) is 61.2 cm³/mol. The number of nitrogens with zero attached hydrogens (tertiary/aromatic N) is 1. The van der Waals surface area contributed by atoms with E-state index in [9.17, 15) is 4.79 Å². The third kappa shape index (κ3) is 1.97. The van der Waals surface area contributed by atoms with Crippen LogP contribution >= 0.6 is 0 Å². The summed E-state index contributed by atoms with van der Waals surface area (Å²) in [5.41, 5.74) is 0.477. The second kappa shape index (κ2) is 4.29. The molecular formula is C12H18N2O2. The number of carbonyl (C=O) groups excluding carboxylic acids is 1. The van der Waals surface area contributed by atoms with E-state index in [1.165, 1.54) is 0 Å². The summed E-state index contributed by atoms with van der Waals surface area (Å²) in [4.78, 5) is 17.4. The van der Waals surface area contributed by atoms with E-state index in [4.69, 9.17) is 4.74 Å². The molecule has 1 aromatic heterocycles. The predicted octanol–water partition coefficient (Wildman–Crippen LogP) is 1.15. The first-order valence-corrected chi connectivity index (χ1v) is 5.63. The number of rotatable bonds is 2. The molecule has 0 saturated carbocycles. The van der Waals surface area contributed by atoms with Crippen molar-refractivity contribution in [3.05, 3.63) is 24.0 Å². The fraction of sp³-hybridized carbons (Fsp3) is 0.583. The molecule has 1 aliphatic heterocycles. The molecule has 0 aliphatic carbocycles. The van der Waals surface area contributed by atoms with E-state index in [-0.39, 0.29) is 5.91 Å². The van der Waals surface area contributed by atoms with Crippen molar-refractivity contribution in [2.75, 3.05) is 26.3 Å². The van der Waals surface area contributed by atoms with Gasteiger partial charge in [0.25, 0.3) is 0 Å². The standard InChI is InChI=1S/C12H18N2O2/c1-12(2,10-4-3-5-13-10)11(15)14-6-8-16-9-7-14/h3-5,13H,6-9H2,1-2H3. The van der Waals surface area contributed by atoms with Gasteiger partial charge < -0.3 is 14.6 Å². The highest BCUT2D eigenvalue weighted by Crippen LogP contribution is 2.24. The number of hydrogen-bond donors (Lipinski definition) is 1. The van der Waals surface area contributed by atoms with Crippen LogP contribution in [0.3, 0.4) is 0 Å². The van der Waals surface area contributed by atoms with Crippen LogP contribution in [0.25, 0.3) is 0 Å². The van der Waals surface area contributed by atoms with Gasteiger partial charge in [-0.25, -0.2) is 0 Å². The van der Waals surface area contributed by atoms with Crippen LogP contribution < -0.4 is 0 Å². The van der Waals surface area contributed by atoms with E-state index in [0.717, 1.165) is 5.69 Å². The molecule has 0 bridgehead atoms. The van der Waals surface area contributed by atoms with Gasteiger partial charge in [-0.1, -0.05) is 0 Å². The largest absolute Gasteiger partial charge is 0.378 e. The van der Waals surface area contributed by atoms with E-state index in [1.807, 2.05) is 37.1 Å². The molecule has 88 valence electrons. The van der Waals surface area contributed by atoms with Gasteiger partial charge in [0.1, 0.15) is 0 Å². The van der Waals surface area contributed by atoms with E-state index in [0.29, 0.717) is 26.3 Å². The summed E-state index contributed by atoms with van der Waals surface area (Å²) in [6.45, 7) is 6.60. The Hall–Kier alpha value is -1.29. The Labute approximate surface area is 95.6 Å². The number of carbonyl (C=O) groups is 1. The monoisotopic (exact) mass is 222 g/mol. The lowest BCUT2D eigenvalue weighted by Crippen LogP contribution is -2.48. The Morgan fingerprint density at radius 3 is 2.69 bits per heavy atom. The highest BCUT2D eigenvalue weighted by atomic mass is 16.5. The SMILES string of the molecule is CC(C)(C(=O)N1CCOCC1)c1ccc[nH]1. The van der Waals surface area contributed by atoms with Crippen LogP contribution in [0.1, 0.15) is 19.5 Å². The molecule has 4 heteroatoms. The third-order valence-corrected chi connectivity index (χ3v) is 3.10. The van der Waals surface area contributed by atoms with Gasteiger partial charge in [-0.15, -0.1) is 0 Å². The van der Waals surface area contributed by atoms with E-state index in [1.54, 1.807) is 0 Å². The van der Waals surface area contributed by atoms with Crippen molar-refractivity contribution >= 4 is 5.91 Å². The molecule has 1 amide bonds. The molecule has 2 rings (SSSR count). The zero-order chi connectivity index (χ0) is 11.6. The van der Waals surface area contributed by atoms with E-state index >= 15 is 0 Å². The molecule has 1 aromatic rings. The Morgan fingerprint density at radius 2 is 2.12 bits per heavy atom. The Balaban J connectivity index is 2.13. The van der Waals surface area contributed by atoms with E-state index in [2.05, 4.69) is 4.98 Å². The zero-order valence-corrected chi connectivity index (χ0v) is 9.82. The fourth-order valence-corrected chi connectivity index (χ4v) is 2.00. The van der Waals surface area contributed by atoms with Gasteiger partial charge in [-0.05, 0) is 26.0 Å². The van der Waals surface area contributed by atoms with Gasteiger partial charge in [0.05, 0.1) is 18.6 Å². The first-order chi connectivity index (χ1) is 7.62. The van der Waals surface area contributed by atoms with Crippen LogP contribution in [0, 0.1) is 0 Å². The molecule has 4 nitrogen and oxygen atoms in total. The van der Waals surface area contributed by atoms with Crippen LogP contribution in [-0.4, -0.2) is 42.1 Å². The smallest absolute Gasteiger partial charge is 0.234 e. The summed E-state index contributed by atoms with van der Waals surface area (Å²) in [7, 11) is 0. The minimum absolute atomic E-state index is 0.165. The number of H-pyrrole nitrogens is 1. The van der Waals surface area contributed by atoms with Crippen LogP contribution in [0.4, 0.5) is 0 Å². The highest BCUT2D eigenvalue weighted by molar-refractivity contribution is 5.87. The highest BCUT2D eigenvalue weighted by Gasteiger charge is 2.35. The lowest BCUT2D eigenvalue weighted by molar-refractivity contribution is -0.140. The normalized spacial score (nSPS) is 17.5. The summed E-state index contributed by atoms with van der Waals surface area (Å²) < 4.78 is 5.25. The Morgan fingerprint density at radius 1 is 1.44 bits per heavy atom. The minimum atomic E-state index is -0.485. The van der Waals surface area contributed by atoms with Gasteiger partial charge in [0.2, 0.25) is 5.91 Å². The molecule has 1 N–H and O–H groups in total. The van der Waals surface area contributed by atoms with Gasteiger partial charge >= 0.3 is 0 Å². The second-order valence-corrected chi connectivity index (χ2v) is 4.61. The maximum atomic E-state index is 12.4. The molecule has 0 atom stereocenters. The van der Waals surface area contributed by atoms with Crippen molar-refractivity contribution in [3.63, 3.8) is 0 Å². The quantitative estimate of drug-likeness (QED) is 0.816. The van der Waals surface area contributed by atoms with E-state index < -0.39 is 5.41 Å². The summed E-state index contributed by atoms with van der Waals surface area (Å²) in [5, 5.41) is 0. The lowest BCUT2D eigenvalue weighted by Gasteiger charge is -2.33. The summed E-state index contributed by atoms with van der Waals surface area (Å²) in [5.74, 6) is 0.165. The number of nitrogens with one attached hydrogen (secondary N) is 1. The number of aromatic nitrogens is 1. The van der Waals surface area contributed by atoms with Crippen molar-refractivity contribution in [1.82, 2.24) is 9.88 Å². The maximum Gasteiger partial charge on any atom is 0.234 e. The molecule has 16 heavy (non-hydrogen) atoms.